The molecule has 0 spiro atoms. The van der Waals surface area contributed by atoms with Crippen molar-refractivity contribution < 1.29 is 23.9 Å². The Balaban J connectivity index is 1.26. The molecule has 0 bridgehead atoms. The van der Waals surface area contributed by atoms with Gasteiger partial charge in [0.05, 0.1) is 16.8 Å². The number of nitrogens with zero attached hydrogens (tertiary/aromatic N) is 2. The van der Waals surface area contributed by atoms with Crippen molar-refractivity contribution in [2.75, 3.05) is 29.5 Å². The minimum absolute atomic E-state index is 0.231. The molecule has 210 valence electrons. The smallest absolute Gasteiger partial charge is 0.343 e. The van der Waals surface area contributed by atoms with Gasteiger partial charge in [0.25, 0.3) is 11.8 Å². The average molecular weight is 559 g/mol. The Morgan fingerprint density at radius 3 is 2.29 bits per heavy atom. The average Bonchev–Trinajstić information content (AvgIpc) is 3.54. The molecule has 6 rings (SSSR count). The molecule has 0 radical (unpaired) electrons. The third-order valence-electron chi connectivity index (χ3n) is 7.61. The summed E-state index contributed by atoms with van der Waals surface area (Å²) in [5.74, 6) is -0.557. The van der Waals surface area contributed by atoms with Gasteiger partial charge in [-0.1, -0.05) is 30.4 Å². The lowest BCUT2D eigenvalue weighted by atomic mass is 9.93. The lowest BCUT2D eigenvalue weighted by molar-refractivity contribution is 0.0732. The zero-order valence-corrected chi connectivity index (χ0v) is 23.5. The number of carbonyl (C=O) groups is 3. The van der Waals surface area contributed by atoms with Gasteiger partial charge in [-0.05, 0) is 98.0 Å². The molecule has 1 aliphatic heterocycles. The van der Waals surface area contributed by atoms with E-state index < -0.39 is 17.8 Å². The lowest BCUT2D eigenvalue weighted by Gasteiger charge is -2.27. The number of anilines is 2. The van der Waals surface area contributed by atoms with E-state index in [2.05, 4.69) is 30.9 Å². The number of rotatable bonds is 9. The Morgan fingerprint density at radius 1 is 0.857 bits per heavy atom. The highest BCUT2D eigenvalue weighted by Crippen LogP contribution is 2.36. The van der Waals surface area contributed by atoms with Crippen molar-refractivity contribution in [2.24, 2.45) is 0 Å². The molecule has 2 amide bonds. The molecule has 0 saturated heterocycles. The molecule has 0 unspecified atom stereocenters. The maximum absolute atomic E-state index is 13.8. The number of esters is 1. The molecule has 4 aromatic carbocycles. The van der Waals surface area contributed by atoms with Crippen molar-refractivity contribution >= 4 is 39.9 Å². The first-order valence-electron chi connectivity index (χ1n) is 14.1. The molecular formula is C35H30N2O5. The van der Waals surface area contributed by atoms with Gasteiger partial charge < -0.3 is 14.4 Å². The SMILES string of the molecule is CCN(CC)c1ccc(C(=O)Oc2cc3c4c(cccc4c2)C(=O)N(c2ccc(OCC4=CCC=C4)cc2)C3=O)cc1. The molecule has 1 aliphatic carbocycles. The Kier molecular flexibility index (Phi) is 7.32. The lowest BCUT2D eigenvalue weighted by Crippen LogP contribution is -2.40. The molecule has 42 heavy (non-hydrogen) atoms. The number of ether oxygens (including phenoxy) is 2. The summed E-state index contributed by atoms with van der Waals surface area (Å²) in [5.41, 5.74) is 3.67. The standard InChI is InChI=1S/C35H30N2O5/c1-3-36(4-2)26-14-12-24(13-15-26)35(40)42-29-20-25-10-7-11-30-32(25)31(21-29)34(39)37(33(30)38)27-16-18-28(19-17-27)41-22-23-8-5-6-9-23/h5,7-21H,3-4,6,22H2,1-2H3. The molecule has 4 aromatic rings. The highest BCUT2D eigenvalue weighted by atomic mass is 16.5. The second-order valence-electron chi connectivity index (χ2n) is 10.1. The van der Waals surface area contributed by atoms with Crippen LogP contribution in [0, 0.1) is 0 Å². The second-order valence-corrected chi connectivity index (χ2v) is 10.1. The van der Waals surface area contributed by atoms with Crippen molar-refractivity contribution in [2.45, 2.75) is 20.3 Å². The van der Waals surface area contributed by atoms with E-state index in [4.69, 9.17) is 9.47 Å². The first-order valence-corrected chi connectivity index (χ1v) is 14.1. The first kappa shape index (κ1) is 27.0. The van der Waals surface area contributed by atoms with E-state index in [9.17, 15) is 14.4 Å². The number of hydrogen-bond acceptors (Lipinski definition) is 6. The predicted molar refractivity (Wildman–Crippen MR) is 164 cm³/mol. The molecule has 0 fully saturated rings. The molecule has 7 nitrogen and oxygen atoms in total. The van der Waals surface area contributed by atoms with Crippen LogP contribution in [-0.2, 0) is 0 Å². The summed E-state index contributed by atoms with van der Waals surface area (Å²) in [5, 5.41) is 1.19. The topological polar surface area (TPSA) is 76.2 Å². The normalized spacial score (nSPS) is 13.9. The van der Waals surface area contributed by atoms with E-state index in [0.29, 0.717) is 45.5 Å². The van der Waals surface area contributed by atoms with E-state index in [-0.39, 0.29) is 5.75 Å². The van der Waals surface area contributed by atoms with Crippen molar-refractivity contribution in [3.05, 3.63) is 119 Å². The van der Waals surface area contributed by atoms with Gasteiger partial charge in [0.2, 0.25) is 0 Å². The largest absolute Gasteiger partial charge is 0.489 e. The van der Waals surface area contributed by atoms with Crippen LogP contribution in [0.4, 0.5) is 11.4 Å². The van der Waals surface area contributed by atoms with E-state index in [1.54, 1.807) is 60.7 Å². The van der Waals surface area contributed by atoms with Crippen LogP contribution >= 0.6 is 0 Å². The fourth-order valence-electron chi connectivity index (χ4n) is 5.41. The molecule has 1 heterocycles. The zero-order valence-electron chi connectivity index (χ0n) is 23.5. The molecule has 0 saturated carbocycles. The number of benzene rings is 4. The van der Waals surface area contributed by atoms with Crippen LogP contribution in [0.15, 0.2) is 103 Å². The summed E-state index contributed by atoms with van der Waals surface area (Å²) in [4.78, 5) is 43.7. The Labute approximate surface area is 244 Å². The molecular weight excluding hydrogens is 528 g/mol. The highest BCUT2D eigenvalue weighted by Gasteiger charge is 2.34. The van der Waals surface area contributed by atoms with Crippen LogP contribution in [0.3, 0.4) is 0 Å². The van der Waals surface area contributed by atoms with Crippen LogP contribution in [0.25, 0.3) is 10.8 Å². The van der Waals surface area contributed by atoms with Gasteiger partial charge in [0.1, 0.15) is 18.1 Å². The Bertz CT molecular complexity index is 1750. The van der Waals surface area contributed by atoms with Gasteiger partial charge in [-0.25, -0.2) is 9.69 Å². The minimum Gasteiger partial charge on any atom is -0.489 e. The summed E-state index contributed by atoms with van der Waals surface area (Å²) in [6.07, 6.45) is 7.12. The van der Waals surface area contributed by atoms with Crippen molar-refractivity contribution in [3.63, 3.8) is 0 Å². The summed E-state index contributed by atoms with van der Waals surface area (Å²) < 4.78 is 11.6. The summed E-state index contributed by atoms with van der Waals surface area (Å²) in [6.45, 7) is 6.34. The van der Waals surface area contributed by atoms with Gasteiger partial charge in [-0.3, -0.25) is 9.59 Å². The molecule has 0 atom stereocenters. The van der Waals surface area contributed by atoms with Gasteiger partial charge >= 0.3 is 5.97 Å². The Hall–Kier alpha value is -5.17. The highest BCUT2D eigenvalue weighted by molar-refractivity contribution is 6.36. The van der Waals surface area contributed by atoms with E-state index in [1.165, 1.54) is 6.07 Å². The first-order chi connectivity index (χ1) is 20.5. The number of hydrogen-bond donors (Lipinski definition) is 0. The van der Waals surface area contributed by atoms with Crippen LogP contribution in [-0.4, -0.2) is 37.5 Å². The van der Waals surface area contributed by atoms with Gasteiger partial charge in [-0.15, -0.1) is 0 Å². The maximum Gasteiger partial charge on any atom is 0.343 e. The van der Waals surface area contributed by atoms with Crippen LogP contribution in [0.1, 0.15) is 51.3 Å². The third-order valence-corrected chi connectivity index (χ3v) is 7.61. The van der Waals surface area contributed by atoms with Crippen LogP contribution in [0.2, 0.25) is 0 Å². The van der Waals surface area contributed by atoms with Gasteiger partial charge in [0, 0.05) is 29.7 Å². The van der Waals surface area contributed by atoms with E-state index in [1.807, 2.05) is 18.2 Å². The van der Waals surface area contributed by atoms with Crippen LogP contribution < -0.4 is 19.3 Å². The molecule has 0 aromatic heterocycles. The summed E-state index contributed by atoms with van der Waals surface area (Å²) in [7, 11) is 0. The predicted octanol–water partition coefficient (Wildman–Crippen LogP) is 6.97. The number of amides is 2. The fourth-order valence-corrected chi connectivity index (χ4v) is 5.41. The number of imide groups is 1. The molecule has 0 N–H and O–H groups in total. The van der Waals surface area contributed by atoms with E-state index >= 15 is 0 Å². The maximum atomic E-state index is 13.8. The minimum atomic E-state index is -0.528. The Morgan fingerprint density at radius 2 is 1.60 bits per heavy atom. The molecule has 7 heteroatoms. The zero-order chi connectivity index (χ0) is 29.2. The monoisotopic (exact) mass is 558 g/mol. The van der Waals surface area contributed by atoms with Gasteiger partial charge in [-0.2, -0.15) is 0 Å². The van der Waals surface area contributed by atoms with E-state index in [0.717, 1.165) is 35.7 Å². The quantitative estimate of drug-likeness (QED) is 0.125. The molecule has 2 aliphatic rings. The third kappa shape index (κ3) is 5.05. The van der Waals surface area contributed by atoms with Gasteiger partial charge in [0.15, 0.2) is 0 Å². The summed E-state index contributed by atoms with van der Waals surface area (Å²) in [6, 6.07) is 22.6. The van der Waals surface area contributed by atoms with Crippen molar-refractivity contribution in [1.82, 2.24) is 0 Å². The second kappa shape index (κ2) is 11.4. The number of carbonyl (C=O) groups excluding carboxylic acids is 3. The number of allylic oxidation sites excluding steroid dienone is 2. The van der Waals surface area contributed by atoms with Crippen molar-refractivity contribution in [3.8, 4) is 11.5 Å². The van der Waals surface area contributed by atoms with Crippen LogP contribution in [0.5, 0.6) is 11.5 Å². The van der Waals surface area contributed by atoms with Crippen molar-refractivity contribution in [1.29, 1.82) is 0 Å². The summed E-state index contributed by atoms with van der Waals surface area (Å²) >= 11 is 0. The fraction of sp³-hybridized carbons (Fsp3) is 0.171.